The lowest BCUT2D eigenvalue weighted by Crippen LogP contribution is -2.48. The molecular weight excluding hydrogens is 395 g/mol. The van der Waals surface area contributed by atoms with Gasteiger partial charge in [-0.25, -0.2) is 4.79 Å². The third-order valence-electron chi connectivity index (χ3n) is 5.27. The predicted molar refractivity (Wildman–Crippen MR) is 106 cm³/mol. The van der Waals surface area contributed by atoms with Crippen molar-refractivity contribution in [2.24, 2.45) is 0 Å². The van der Waals surface area contributed by atoms with E-state index in [1.807, 2.05) is 37.3 Å². The first-order valence-corrected chi connectivity index (χ1v) is 9.97. The van der Waals surface area contributed by atoms with Crippen LogP contribution in [0.3, 0.4) is 0 Å². The largest absolute Gasteiger partial charge is 0.445 e. The molecule has 0 spiro atoms. The summed E-state index contributed by atoms with van der Waals surface area (Å²) in [7, 11) is 0. The van der Waals surface area contributed by atoms with Crippen LogP contribution in [0.2, 0.25) is 0 Å². The summed E-state index contributed by atoms with van der Waals surface area (Å²) in [5, 5.41) is 0. The van der Waals surface area contributed by atoms with Gasteiger partial charge < -0.3 is 4.74 Å². The quantitative estimate of drug-likeness (QED) is 0.605. The fraction of sp³-hybridized carbons (Fsp3) is 0.391. The van der Waals surface area contributed by atoms with Crippen LogP contribution in [0, 0.1) is 0 Å². The second kappa shape index (κ2) is 9.32. The van der Waals surface area contributed by atoms with E-state index in [1.165, 1.54) is 17.0 Å². The summed E-state index contributed by atoms with van der Waals surface area (Å²) in [6.45, 7) is 2.04. The number of rotatable bonds is 5. The highest BCUT2D eigenvalue weighted by atomic mass is 19.4. The van der Waals surface area contributed by atoms with Crippen molar-refractivity contribution >= 4 is 11.9 Å². The maximum atomic E-state index is 13.0. The molecule has 1 heterocycles. The Morgan fingerprint density at radius 3 is 2.33 bits per heavy atom. The Hall–Kier alpha value is -2.83. The molecule has 0 aromatic heterocycles. The second-order valence-electron chi connectivity index (χ2n) is 7.47. The minimum absolute atomic E-state index is 0.00884. The standard InChI is InChI=1S/C23H24F3NO3/c1-2-6-19-13-20(28)14-21(17-9-11-18(12-10-17)23(24,25)26)27(19)22(29)30-15-16-7-4-3-5-8-16/h3-5,7-12,19,21H,2,6,13-15H2,1H3/t19-,21+/m0/s1. The maximum absolute atomic E-state index is 13.0. The SMILES string of the molecule is CCC[C@H]1CC(=O)C[C@H](c2ccc(C(F)(F)F)cc2)N1C(=O)OCc1ccccc1. The zero-order valence-electron chi connectivity index (χ0n) is 16.7. The molecule has 2 aromatic carbocycles. The fourth-order valence-electron chi connectivity index (χ4n) is 3.83. The first-order chi connectivity index (χ1) is 14.3. The van der Waals surface area contributed by atoms with E-state index in [-0.39, 0.29) is 31.3 Å². The van der Waals surface area contributed by atoms with E-state index in [0.717, 1.165) is 24.1 Å². The van der Waals surface area contributed by atoms with Crippen LogP contribution in [0.4, 0.5) is 18.0 Å². The normalized spacial score (nSPS) is 19.6. The van der Waals surface area contributed by atoms with Crippen LogP contribution in [0.5, 0.6) is 0 Å². The van der Waals surface area contributed by atoms with Gasteiger partial charge in [-0.05, 0) is 29.7 Å². The number of piperidine rings is 1. The van der Waals surface area contributed by atoms with Gasteiger partial charge in [0.25, 0.3) is 0 Å². The molecule has 2 atom stereocenters. The number of halogens is 3. The number of alkyl halides is 3. The molecule has 4 nitrogen and oxygen atoms in total. The van der Waals surface area contributed by atoms with Gasteiger partial charge in [-0.2, -0.15) is 13.2 Å². The number of amides is 1. The van der Waals surface area contributed by atoms with E-state index < -0.39 is 23.9 Å². The molecule has 1 saturated heterocycles. The topological polar surface area (TPSA) is 46.6 Å². The number of nitrogens with zero attached hydrogens (tertiary/aromatic N) is 1. The maximum Gasteiger partial charge on any atom is 0.416 e. The first kappa shape index (κ1) is 21.9. The van der Waals surface area contributed by atoms with Crippen LogP contribution in [0.1, 0.15) is 55.3 Å². The summed E-state index contributed by atoms with van der Waals surface area (Å²) >= 11 is 0. The molecule has 0 N–H and O–H groups in total. The number of carbonyl (C=O) groups excluding carboxylic acids is 2. The zero-order valence-corrected chi connectivity index (χ0v) is 16.7. The number of Topliss-reactive ketones (excluding diaryl/α,β-unsaturated/α-hetero) is 1. The molecule has 1 fully saturated rings. The molecule has 1 amide bonds. The van der Waals surface area contributed by atoms with E-state index in [1.54, 1.807) is 0 Å². The summed E-state index contributed by atoms with van der Waals surface area (Å²) in [4.78, 5) is 26.9. The Bertz CT molecular complexity index is 866. The van der Waals surface area contributed by atoms with Crippen LogP contribution < -0.4 is 0 Å². The van der Waals surface area contributed by atoms with Crippen molar-refractivity contribution in [2.45, 2.75) is 57.5 Å². The summed E-state index contributed by atoms with van der Waals surface area (Å²) in [5.41, 5.74) is 0.558. The molecule has 30 heavy (non-hydrogen) atoms. The zero-order chi connectivity index (χ0) is 21.7. The van der Waals surface area contributed by atoms with Gasteiger partial charge in [0.1, 0.15) is 12.4 Å². The van der Waals surface area contributed by atoms with Crippen LogP contribution in [0.15, 0.2) is 54.6 Å². The van der Waals surface area contributed by atoms with Crippen molar-refractivity contribution < 1.29 is 27.5 Å². The first-order valence-electron chi connectivity index (χ1n) is 9.97. The molecule has 0 saturated carbocycles. The fourth-order valence-corrected chi connectivity index (χ4v) is 3.83. The minimum Gasteiger partial charge on any atom is -0.445 e. The number of ketones is 1. The van der Waals surface area contributed by atoms with E-state index in [2.05, 4.69) is 0 Å². The smallest absolute Gasteiger partial charge is 0.416 e. The molecular formula is C23H24F3NO3. The van der Waals surface area contributed by atoms with Crippen LogP contribution in [-0.2, 0) is 22.3 Å². The van der Waals surface area contributed by atoms with E-state index in [9.17, 15) is 22.8 Å². The number of likely N-dealkylation sites (tertiary alicyclic amines) is 1. The molecule has 160 valence electrons. The number of ether oxygens (including phenoxy) is 1. The van der Waals surface area contributed by atoms with Gasteiger partial charge in [-0.3, -0.25) is 9.69 Å². The van der Waals surface area contributed by atoms with Crippen molar-refractivity contribution in [3.63, 3.8) is 0 Å². The van der Waals surface area contributed by atoms with Crippen LogP contribution in [0.25, 0.3) is 0 Å². The van der Waals surface area contributed by atoms with Gasteiger partial charge in [0.15, 0.2) is 0 Å². The molecule has 1 aliphatic heterocycles. The third kappa shape index (κ3) is 5.20. The highest BCUT2D eigenvalue weighted by Crippen LogP contribution is 2.37. The van der Waals surface area contributed by atoms with E-state index in [0.29, 0.717) is 12.0 Å². The number of hydrogen-bond acceptors (Lipinski definition) is 3. The van der Waals surface area contributed by atoms with Gasteiger partial charge in [0.2, 0.25) is 0 Å². The highest BCUT2D eigenvalue weighted by molar-refractivity contribution is 5.83. The Morgan fingerprint density at radius 2 is 1.73 bits per heavy atom. The lowest BCUT2D eigenvalue weighted by Gasteiger charge is -2.41. The van der Waals surface area contributed by atoms with Gasteiger partial charge in [0.05, 0.1) is 11.6 Å². The Morgan fingerprint density at radius 1 is 1.07 bits per heavy atom. The third-order valence-corrected chi connectivity index (χ3v) is 5.27. The van der Waals surface area contributed by atoms with Crippen LogP contribution >= 0.6 is 0 Å². The van der Waals surface area contributed by atoms with Crippen molar-refractivity contribution in [1.29, 1.82) is 0 Å². The Kier molecular flexibility index (Phi) is 6.80. The average Bonchev–Trinajstić information content (AvgIpc) is 2.72. The van der Waals surface area contributed by atoms with E-state index >= 15 is 0 Å². The van der Waals surface area contributed by atoms with Gasteiger partial charge in [-0.15, -0.1) is 0 Å². The molecule has 0 bridgehead atoms. The predicted octanol–water partition coefficient (Wildman–Crippen LogP) is 5.92. The monoisotopic (exact) mass is 419 g/mol. The van der Waals surface area contributed by atoms with Gasteiger partial charge >= 0.3 is 12.3 Å². The molecule has 0 aliphatic carbocycles. The summed E-state index contributed by atoms with van der Waals surface area (Å²) in [6.07, 6.45) is -3.34. The highest BCUT2D eigenvalue weighted by Gasteiger charge is 2.39. The second-order valence-corrected chi connectivity index (χ2v) is 7.47. The molecule has 1 aliphatic rings. The molecule has 7 heteroatoms. The van der Waals surface area contributed by atoms with Crippen molar-refractivity contribution in [3.05, 3.63) is 71.3 Å². The minimum atomic E-state index is -4.44. The lowest BCUT2D eigenvalue weighted by molar-refractivity contribution is -0.137. The molecule has 2 aromatic rings. The Balaban J connectivity index is 1.85. The van der Waals surface area contributed by atoms with Gasteiger partial charge in [-0.1, -0.05) is 55.8 Å². The summed E-state index contributed by atoms with van der Waals surface area (Å²) in [6, 6.07) is 12.9. The average molecular weight is 419 g/mol. The molecule has 0 unspecified atom stereocenters. The van der Waals surface area contributed by atoms with Gasteiger partial charge in [0, 0.05) is 18.9 Å². The lowest BCUT2D eigenvalue weighted by atomic mass is 9.88. The van der Waals surface area contributed by atoms with Crippen molar-refractivity contribution in [3.8, 4) is 0 Å². The van der Waals surface area contributed by atoms with E-state index in [4.69, 9.17) is 4.74 Å². The van der Waals surface area contributed by atoms with Crippen LogP contribution in [-0.4, -0.2) is 22.8 Å². The summed E-state index contributed by atoms with van der Waals surface area (Å²) < 4.78 is 44.2. The number of hydrogen-bond donors (Lipinski definition) is 0. The Labute approximate surface area is 173 Å². The molecule has 3 rings (SSSR count). The summed E-state index contributed by atoms with van der Waals surface area (Å²) in [5.74, 6) is -0.00884. The molecule has 0 radical (unpaired) electrons. The number of carbonyl (C=O) groups is 2. The van der Waals surface area contributed by atoms with Crippen molar-refractivity contribution in [1.82, 2.24) is 4.90 Å². The van der Waals surface area contributed by atoms with Crippen molar-refractivity contribution in [2.75, 3.05) is 0 Å². The number of benzene rings is 2.